The summed E-state index contributed by atoms with van der Waals surface area (Å²) in [5, 5.41) is 0. The molecule has 1 aromatic heterocycles. The quantitative estimate of drug-likeness (QED) is 0.828. The van der Waals surface area contributed by atoms with Crippen LogP contribution in [0.5, 0.6) is 0 Å². The van der Waals surface area contributed by atoms with Gasteiger partial charge in [0.1, 0.15) is 0 Å². The summed E-state index contributed by atoms with van der Waals surface area (Å²) in [6.07, 6.45) is 2.99. The average molecular weight is 372 g/mol. The van der Waals surface area contributed by atoms with Crippen molar-refractivity contribution in [2.75, 3.05) is 24.5 Å². The van der Waals surface area contributed by atoms with Crippen molar-refractivity contribution in [1.82, 2.24) is 14.3 Å². The number of rotatable bonds is 3. The molecule has 0 atom stereocenters. The molecule has 0 amide bonds. The minimum Gasteiger partial charge on any atom is -0.341 e. The number of hydrogen-bond donors (Lipinski definition) is 0. The zero-order valence-electron chi connectivity index (χ0n) is 15.3. The summed E-state index contributed by atoms with van der Waals surface area (Å²) in [7, 11) is -3.50. The summed E-state index contributed by atoms with van der Waals surface area (Å²) in [5.74, 6) is 0.800. The van der Waals surface area contributed by atoms with Gasteiger partial charge in [0.15, 0.2) is 0 Å². The van der Waals surface area contributed by atoms with Crippen LogP contribution in [0.4, 0.5) is 5.95 Å². The summed E-state index contributed by atoms with van der Waals surface area (Å²) >= 11 is 0. The van der Waals surface area contributed by atoms with Gasteiger partial charge in [0, 0.05) is 43.9 Å². The van der Waals surface area contributed by atoms with Gasteiger partial charge in [0.25, 0.3) is 0 Å². The van der Waals surface area contributed by atoms with Crippen molar-refractivity contribution in [2.45, 2.75) is 44.6 Å². The third-order valence-corrected chi connectivity index (χ3v) is 7.08. The molecular formula is C19H24N4O2S. The van der Waals surface area contributed by atoms with Crippen molar-refractivity contribution >= 4 is 16.0 Å². The highest BCUT2D eigenvalue weighted by atomic mass is 32.2. The number of aryl methyl sites for hydroxylation is 2. The molecule has 26 heavy (non-hydrogen) atoms. The van der Waals surface area contributed by atoms with Crippen molar-refractivity contribution in [3.8, 4) is 0 Å². The van der Waals surface area contributed by atoms with Gasteiger partial charge in [-0.1, -0.05) is 12.1 Å². The Kier molecular flexibility index (Phi) is 4.44. The van der Waals surface area contributed by atoms with Gasteiger partial charge >= 0.3 is 0 Å². The molecule has 0 radical (unpaired) electrons. The van der Waals surface area contributed by atoms with E-state index in [4.69, 9.17) is 4.98 Å². The van der Waals surface area contributed by atoms with Crippen LogP contribution >= 0.6 is 0 Å². The van der Waals surface area contributed by atoms with E-state index in [-0.39, 0.29) is 0 Å². The number of aromatic nitrogens is 2. The highest BCUT2D eigenvalue weighted by Gasteiger charge is 2.31. The Balaban J connectivity index is 1.63. The Labute approximate surface area is 154 Å². The van der Waals surface area contributed by atoms with Gasteiger partial charge in [-0.05, 0) is 44.4 Å². The second-order valence-electron chi connectivity index (χ2n) is 7.13. The largest absolute Gasteiger partial charge is 0.341 e. The molecule has 0 spiro atoms. The average Bonchev–Trinajstić information content (AvgIpc) is 3.16. The van der Waals surface area contributed by atoms with Crippen molar-refractivity contribution in [1.29, 1.82) is 0 Å². The predicted octanol–water partition coefficient (Wildman–Crippen LogP) is 2.44. The maximum Gasteiger partial charge on any atom is 0.243 e. The third-order valence-electron chi connectivity index (χ3n) is 5.24. The Morgan fingerprint density at radius 2 is 1.81 bits per heavy atom. The van der Waals surface area contributed by atoms with Crippen LogP contribution < -0.4 is 4.90 Å². The van der Waals surface area contributed by atoms with Crippen LogP contribution in [0.15, 0.2) is 29.2 Å². The van der Waals surface area contributed by atoms with Crippen LogP contribution in [0.3, 0.4) is 0 Å². The predicted molar refractivity (Wildman–Crippen MR) is 101 cm³/mol. The molecule has 0 saturated carbocycles. The summed E-state index contributed by atoms with van der Waals surface area (Å²) < 4.78 is 27.6. The highest BCUT2D eigenvalue weighted by molar-refractivity contribution is 7.89. The van der Waals surface area contributed by atoms with Gasteiger partial charge in [0.05, 0.1) is 10.6 Å². The number of nitrogens with zero attached hydrogens (tertiary/aromatic N) is 4. The monoisotopic (exact) mass is 372 g/mol. The van der Waals surface area contributed by atoms with E-state index < -0.39 is 10.0 Å². The lowest BCUT2D eigenvalue weighted by Gasteiger charge is -2.29. The molecule has 1 aromatic carbocycles. The van der Waals surface area contributed by atoms with Crippen LogP contribution in [-0.4, -0.2) is 42.3 Å². The first-order valence-corrected chi connectivity index (χ1v) is 10.6. The van der Waals surface area contributed by atoms with Gasteiger partial charge in [-0.15, -0.1) is 0 Å². The number of fused-ring (bicyclic) bond motifs is 1. The Morgan fingerprint density at radius 1 is 1.04 bits per heavy atom. The Hall–Kier alpha value is -1.99. The molecule has 2 aliphatic rings. The van der Waals surface area contributed by atoms with E-state index in [9.17, 15) is 8.42 Å². The van der Waals surface area contributed by atoms with Crippen molar-refractivity contribution < 1.29 is 8.42 Å². The van der Waals surface area contributed by atoms with Gasteiger partial charge in [-0.3, -0.25) is 0 Å². The highest BCUT2D eigenvalue weighted by Crippen LogP contribution is 2.28. The molecule has 0 N–H and O–H groups in total. The van der Waals surface area contributed by atoms with Crippen molar-refractivity contribution in [3.63, 3.8) is 0 Å². The van der Waals surface area contributed by atoms with E-state index in [0.29, 0.717) is 24.4 Å². The Bertz CT molecular complexity index is 937. The van der Waals surface area contributed by atoms with E-state index in [1.54, 1.807) is 22.5 Å². The van der Waals surface area contributed by atoms with Gasteiger partial charge in [0.2, 0.25) is 16.0 Å². The lowest BCUT2D eigenvalue weighted by molar-refractivity contribution is 0.385. The van der Waals surface area contributed by atoms with E-state index in [2.05, 4.69) is 9.88 Å². The van der Waals surface area contributed by atoms with Crippen LogP contribution in [0.2, 0.25) is 0 Å². The fraction of sp³-hybridized carbons (Fsp3) is 0.474. The molecular weight excluding hydrogens is 348 g/mol. The summed E-state index contributed by atoms with van der Waals surface area (Å²) in [4.78, 5) is 12.0. The van der Waals surface area contributed by atoms with Gasteiger partial charge in [-0.25, -0.2) is 18.4 Å². The molecule has 6 nitrogen and oxygen atoms in total. The summed E-state index contributed by atoms with van der Waals surface area (Å²) in [6.45, 7) is 6.68. The first-order chi connectivity index (χ1) is 12.4. The number of hydrogen-bond acceptors (Lipinski definition) is 5. The maximum absolute atomic E-state index is 13.0. The molecule has 0 aliphatic carbocycles. The van der Waals surface area contributed by atoms with Crippen molar-refractivity contribution in [2.24, 2.45) is 0 Å². The standard InChI is InChI=1S/C19H24N4O2S/c1-14-6-5-7-16(12-14)26(24,25)23-11-8-18-17(13-23)15(2)20-19(21-18)22-9-3-4-10-22/h5-7,12H,3-4,8-11,13H2,1-2H3. The van der Waals surface area contributed by atoms with E-state index in [1.807, 2.05) is 19.9 Å². The number of benzene rings is 1. The zero-order chi connectivity index (χ0) is 18.3. The van der Waals surface area contributed by atoms with Crippen LogP contribution in [-0.2, 0) is 23.0 Å². The smallest absolute Gasteiger partial charge is 0.243 e. The van der Waals surface area contributed by atoms with Crippen LogP contribution in [0.25, 0.3) is 0 Å². The first kappa shape index (κ1) is 17.4. The molecule has 2 aromatic rings. The second-order valence-corrected chi connectivity index (χ2v) is 9.07. The molecule has 3 heterocycles. The topological polar surface area (TPSA) is 66.4 Å². The lowest BCUT2D eigenvalue weighted by atomic mass is 10.1. The molecule has 1 saturated heterocycles. The van der Waals surface area contributed by atoms with E-state index >= 15 is 0 Å². The first-order valence-electron chi connectivity index (χ1n) is 9.13. The van der Waals surface area contributed by atoms with E-state index in [1.165, 1.54) is 12.8 Å². The SMILES string of the molecule is Cc1cccc(S(=O)(=O)N2CCc3nc(N4CCCC4)nc(C)c3C2)c1. The molecule has 2 aliphatic heterocycles. The van der Waals surface area contributed by atoms with E-state index in [0.717, 1.165) is 41.6 Å². The fourth-order valence-electron chi connectivity index (χ4n) is 3.73. The molecule has 0 unspecified atom stereocenters. The molecule has 4 rings (SSSR count). The molecule has 1 fully saturated rings. The Morgan fingerprint density at radius 3 is 2.54 bits per heavy atom. The lowest BCUT2D eigenvalue weighted by Crippen LogP contribution is -2.37. The van der Waals surface area contributed by atoms with Gasteiger partial charge < -0.3 is 4.90 Å². The van der Waals surface area contributed by atoms with Crippen LogP contribution in [0.1, 0.15) is 35.4 Å². The maximum atomic E-state index is 13.0. The van der Waals surface area contributed by atoms with Gasteiger partial charge in [-0.2, -0.15) is 4.31 Å². The third kappa shape index (κ3) is 3.10. The summed E-state index contributed by atoms with van der Waals surface area (Å²) in [6, 6.07) is 7.08. The minimum absolute atomic E-state index is 0.345. The summed E-state index contributed by atoms with van der Waals surface area (Å²) in [5.41, 5.74) is 3.78. The normalized spacial score (nSPS) is 18.2. The number of anilines is 1. The second kappa shape index (κ2) is 6.63. The molecule has 0 bridgehead atoms. The molecule has 138 valence electrons. The van der Waals surface area contributed by atoms with Crippen LogP contribution in [0, 0.1) is 13.8 Å². The number of sulfonamides is 1. The molecule has 7 heteroatoms. The van der Waals surface area contributed by atoms with Crippen molar-refractivity contribution in [3.05, 3.63) is 46.8 Å². The fourth-order valence-corrected chi connectivity index (χ4v) is 5.24. The zero-order valence-corrected chi connectivity index (χ0v) is 16.1. The minimum atomic E-state index is -3.50.